The molecular weight excluding hydrogens is 577 g/mol. The third-order valence-corrected chi connectivity index (χ3v) is 8.61. The Hall–Kier alpha value is -4.45. The van der Waals surface area contributed by atoms with E-state index in [2.05, 4.69) is 15.4 Å². The normalized spacial score (nSPS) is 13.8. The summed E-state index contributed by atoms with van der Waals surface area (Å²) in [5.74, 6) is -0.459. The van der Waals surface area contributed by atoms with E-state index in [-0.39, 0.29) is 18.3 Å². The van der Waals surface area contributed by atoms with Crippen molar-refractivity contribution in [3.05, 3.63) is 106 Å². The van der Waals surface area contributed by atoms with Crippen LogP contribution < -0.4 is 0 Å². The van der Waals surface area contributed by atoms with Gasteiger partial charge in [0.25, 0.3) is 5.91 Å². The number of aliphatic hydroxyl groups is 1. The van der Waals surface area contributed by atoms with Crippen LogP contribution in [0, 0.1) is 5.82 Å². The molecule has 0 bridgehead atoms. The number of rotatable bonds is 6. The summed E-state index contributed by atoms with van der Waals surface area (Å²) in [4.78, 5) is 21.5. The lowest BCUT2D eigenvalue weighted by molar-refractivity contribution is 0.0708. The molecule has 0 unspecified atom stereocenters. The molecule has 5 heterocycles. The van der Waals surface area contributed by atoms with Crippen LogP contribution in [0.4, 0.5) is 4.39 Å². The highest BCUT2D eigenvalue weighted by atomic mass is 35.5. The van der Waals surface area contributed by atoms with Crippen molar-refractivity contribution in [2.24, 2.45) is 0 Å². The minimum atomic E-state index is -0.875. The predicted molar refractivity (Wildman–Crippen MR) is 157 cm³/mol. The van der Waals surface area contributed by atoms with Crippen LogP contribution in [0.25, 0.3) is 32.7 Å². The highest BCUT2D eigenvalue weighted by molar-refractivity contribution is 7.19. The molecule has 1 aliphatic heterocycles. The zero-order chi connectivity index (χ0) is 28.8. The Labute approximate surface area is 248 Å². The van der Waals surface area contributed by atoms with Gasteiger partial charge in [-0.1, -0.05) is 47.1 Å². The zero-order valence-corrected chi connectivity index (χ0v) is 23.6. The fourth-order valence-electron chi connectivity index (χ4n) is 5.21. The summed E-state index contributed by atoms with van der Waals surface area (Å²) >= 11 is 7.61. The van der Waals surface area contributed by atoms with Crippen LogP contribution in [0.2, 0.25) is 4.34 Å². The number of hydrogen-bond acceptors (Lipinski definition) is 7. The van der Waals surface area contributed by atoms with Crippen LogP contribution in [0.5, 0.6) is 0 Å². The molecule has 1 N–H and O–H groups in total. The molecule has 1 aliphatic rings. The van der Waals surface area contributed by atoms with Gasteiger partial charge >= 0.3 is 0 Å². The molecule has 0 aliphatic carbocycles. The molecule has 9 nitrogen and oxygen atoms in total. The van der Waals surface area contributed by atoms with Gasteiger partial charge in [-0.15, -0.1) is 16.4 Å². The first-order valence-corrected chi connectivity index (χ1v) is 14.5. The number of fused-ring (bicyclic) bond motifs is 2. The summed E-state index contributed by atoms with van der Waals surface area (Å²) in [5.41, 5.74) is 4.81. The fraction of sp³-hybridized carbons (Fsp3) is 0.167. The zero-order valence-electron chi connectivity index (χ0n) is 22.1. The molecule has 42 heavy (non-hydrogen) atoms. The summed E-state index contributed by atoms with van der Waals surface area (Å²) in [6.45, 7) is 1.53. The van der Waals surface area contributed by atoms with Crippen molar-refractivity contribution in [2.45, 2.75) is 25.7 Å². The lowest BCUT2D eigenvalue weighted by Crippen LogP contribution is -2.38. The van der Waals surface area contributed by atoms with Crippen molar-refractivity contribution in [2.75, 3.05) is 6.54 Å². The number of aromatic nitrogens is 6. The van der Waals surface area contributed by atoms with E-state index < -0.39 is 6.10 Å². The predicted octanol–water partition coefficient (Wildman–Crippen LogP) is 5.60. The summed E-state index contributed by atoms with van der Waals surface area (Å²) in [5, 5.41) is 24.4. The first-order chi connectivity index (χ1) is 20.4. The van der Waals surface area contributed by atoms with Gasteiger partial charge in [0.05, 0.1) is 69.8 Å². The van der Waals surface area contributed by atoms with Gasteiger partial charge in [0.1, 0.15) is 11.5 Å². The Morgan fingerprint density at radius 3 is 2.71 bits per heavy atom. The van der Waals surface area contributed by atoms with E-state index in [1.54, 1.807) is 29.2 Å². The Kier molecular flexibility index (Phi) is 6.77. The van der Waals surface area contributed by atoms with Gasteiger partial charge < -0.3 is 10.0 Å². The standard InChI is InChI=1S/C30H23ClFN7O2S/c31-29-10-9-28(42-29)24-13-21(20-3-1-2-4-23(20)34-24)30(41)37-11-12-39-26(16-37)22(14-33-39)25-15-38(36-35-25)17-27(40)18-5-7-19(32)8-6-18/h1-10,13-15,27,40H,11-12,16-17H2/t27-/m1/s1. The van der Waals surface area contributed by atoms with Crippen LogP contribution >= 0.6 is 22.9 Å². The number of carbonyl (C=O) groups excluding carboxylic acids is 1. The minimum absolute atomic E-state index is 0.0954. The van der Waals surface area contributed by atoms with Crippen molar-refractivity contribution < 1.29 is 14.3 Å². The molecule has 0 fully saturated rings. The Bertz CT molecular complexity index is 1930. The van der Waals surface area contributed by atoms with E-state index in [9.17, 15) is 14.3 Å². The first kappa shape index (κ1) is 26.4. The van der Waals surface area contributed by atoms with E-state index in [4.69, 9.17) is 16.6 Å². The number of para-hydroxylation sites is 1. The number of carbonyl (C=O) groups is 1. The summed E-state index contributed by atoms with van der Waals surface area (Å²) < 4.78 is 17.3. The summed E-state index contributed by atoms with van der Waals surface area (Å²) in [6, 6.07) is 18.9. The van der Waals surface area contributed by atoms with Gasteiger partial charge in [-0.3, -0.25) is 9.48 Å². The molecule has 1 atom stereocenters. The largest absolute Gasteiger partial charge is 0.386 e. The lowest BCUT2D eigenvalue weighted by Gasteiger charge is -2.29. The highest BCUT2D eigenvalue weighted by Crippen LogP contribution is 2.33. The van der Waals surface area contributed by atoms with Crippen LogP contribution in [-0.4, -0.2) is 52.2 Å². The monoisotopic (exact) mass is 599 g/mol. The smallest absolute Gasteiger partial charge is 0.255 e. The average molecular weight is 600 g/mol. The number of halogens is 2. The average Bonchev–Trinajstić information content (AvgIpc) is 3.76. The molecule has 210 valence electrons. The van der Waals surface area contributed by atoms with Crippen LogP contribution in [0.15, 0.2) is 79.1 Å². The van der Waals surface area contributed by atoms with Crippen LogP contribution in [-0.2, 0) is 19.6 Å². The van der Waals surface area contributed by atoms with Gasteiger partial charge in [0.15, 0.2) is 0 Å². The van der Waals surface area contributed by atoms with E-state index in [1.807, 2.05) is 52.0 Å². The van der Waals surface area contributed by atoms with Crippen LogP contribution in [0.1, 0.15) is 27.7 Å². The number of benzene rings is 2. The molecular formula is C30H23ClFN7O2S. The maximum absolute atomic E-state index is 14.0. The summed E-state index contributed by atoms with van der Waals surface area (Å²) in [7, 11) is 0. The minimum Gasteiger partial charge on any atom is -0.386 e. The Morgan fingerprint density at radius 2 is 1.90 bits per heavy atom. The summed E-state index contributed by atoms with van der Waals surface area (Å²) in [6.07, 6.45) is 2.59. The maximum Gasteiger partial charge on any atom is 0.255 e. The molecule has 0 radical (unpaired) electrons. The van der Waals surface area contributed by atoms with Crippen molar-refractivity contribution in [1.29, 1.82) is 0 Å². The van der Waals surface area contributed by atoms with Gasteiger partial charge in [-0.2, -0.15) is 5.10 Å². The number of pyridine rings is 1. The second-order valence-corrected chi connectivity index (χ2v) is 11.7. The van der Waals surface area contributed by atoms with E-state index in [0.717, 1.165) is 27.0 Å². The number of thiophene rings is 1. The quantitative estimate of drug-likeness (QED) is 0.267. The van der Waals surface area contributed by atoms with Crippen LogP contribution in [0.3, 0.4) is 0 Å². The lowest BCUT2D eigenvalue weighted by atomic mass is 10.0. The van der Waals surface area contributed by atoms with Crippen molar-refractivity contribution in [3.63, 3.8) is 0 Å². The van der Waals surface area contributed by atoms with E-state index in [0.29, 0.717) is 46.5 Å². The fourth-order valence-corrected chi connectivity index (χ4v) is 6.22. The molecule has 7 rings (SSSR count). The van der Waals surface area contributed by atoms with E-state index in [1.165, 1.54) is 23.5 Å². The van der Waals surface area contributed by atoms with Gasteiger partial charge in [-0.25, -0.2) is 14.1 Å². The van der Waals surface area contributed by atoms with Crippen molar-refractivity contribution in [3.8, 4) is 21.8 Å². The highest BCUT2D eigenvalue weighted by Gasteiger charge is 2.28. The SMILES string of the molecule is O=C(c1cc(-c2ccc(Cl)s2)nc2ccccc12)N1CCn2ncc(-c3cn(C[C@@H](O)c4ccc(F)cc4)nn3)c2C1. The number of nitrogens with zero attached hydrogens (tertiary/aromatic N) is 7. The van der Waals surface area contributed by atoms with Crippen molar-refractivity contribution >= 4 is 39.7 Å². The van der Waals surface area contributed by atoms with Gasteiger partial charge in [0, 0.05) is 17.5 Å². The maximum atomic E-state index is 14.0. The molecule has 0 spiro atoms. The number of aliphatic hydroxyl groups excluding tert-OH is 1. The molecule has 12 heteroatoms. The third kappa shape index (κ3) is 4.95. The topological polar surface area (TPSA) is 102 Å². The molecule has 4 aromatic heterocycles. The molecule has 0 saturated carbocycles. The number of amides is 1. The van der Waals surface area contributed by atoms with Gasteiger partial charge in [0.2, 0.25) is 0 Å². The molecule has 2 aromatic carbocycles. The second kappa shape index (κ2) is 10.8. The molecule has 1 amide bonds. The second-order valence-electron chi connectivity index (χ2n) is 10.0. The van der Waals surface area contributed by atoms with E-state index >= 15 is 0 Å². The Morgan fingerprint density at radius 1 is 1.07 bits per heavy atom. The Balaban J connectivity index is 1.15. The first-order valence-electron chi connectivity index (χ1n) is 13.3. The molecule has 6 aromatic rings. The van der Waals surface area contributed by atoms with Crippen molar-refractivity contribution in [1.82, 2.24) is 34.7 Å². The molecule has 0 saturated heterocycles. The third-order valence-electron chi connectivity index (χ3n) is 7.36. The number of hydrogen-bond donors (Lipinski definition) is 1. The van der Waals surface area contributed by atoms with Gasteiger partial charge in [-0.05, 0) is 42.0 Å².